The van der Waals surface area contributed by atoms with Gasteiger partial charge in [0.05, 0.1) is 11.4 Å². The Morgan fingerprint density at radius 1 is 1.04 bits per heavy atom. The molecular weight excluding hydrogens is 356 g/mol. The molecule has 27 heavy (non-hydrogen) atoms. The van der Waals surface area contributed by atoms with Crippen molar-refractivity contribution < 1.29 is 4.79 Å². The third-order valence-electron chi connectivity index (χ3n) is 4.93. The van der Waals surface area contributed by atoms with Crippen molar-refractivity contribution in [1.82, 2.24) is 4.57 Å². The number of hydrogen-bond donors (Lipinski definition) is 1. The largest absolute Gasteiger partial charge is 0.321 e. The van der Waals surface area contributed by atoms with Crippen LogP contribution in [0.2, 0.25) is 0 Å². The third-order valence-corrected chi connectivity index (χ3v) is 6.17. The Balaban J connectivity index is 1.43. The standard InChI is InChI=1S/C22H22N2O2S/c25-21-8-4-5-13-24(21)15-16-9-11-18(12-10-16)23-22(26)20-14-17-6-2-1-3-7-19(17)27-20/h4-5,8-14H,1-3,6-7,15H2,(H,23,26). The second-order valence-electron chi connectivity index (χ2n) is 6.94. The number of carbonyl (C=O) groups is 1. The molecule has 0 saturated carbocycles. The van der Waals surface area contributed by atoms with Crippen LogP contribution in [0.3, 0.4) is 0 Å². The minimum Gasteiger partial charge on any atom is -0.321 e. The van der Waals surface area contributed by atoms with Crippen LogP contribution in [0, 0.1) is 0 Å². The lowest BCUT2D eigenvalue weighted by Gasteiger charge is -2.07. The fraction of sp³-hybridized carbons (Fsp3) is 0.273. The van der Waals surface area contributed by atoms with E-state index < -0.39 is 0 Å². The first-order chi connectivity index (χ1) is 13.2. The molecule has 0 radical (unpaired) electrons. The van der Waals surface area contributed by atoms with Crippen LogP contribution in [-0.2, 0) is 19.4 Å². The lowest BCUT2D eigenvalue weighted by atomic mass is 10.1. The van der Waals surface area contributed by atoms with E-state index in [0.717, 1.165) is 29.0 Å². The van der Waals surface area contributed by atoms with Crippen molar-refractivity contribution in [1.29, 1.82) is 0 Å². The zero-order chi connectivity index (χ0) is 18.6. The van der Waals surface area contributed by atoms with Crippen LogP contribution in [0.15, 0.2) is 59.5 Å². The van der Waals surface area contributed by atoms with Gasteiger partial charge in [0.2, 0.25) is 0 Å². The van der Waals surface area contributed by atoms with E-state index in [0.29, 0.717) is 6.54 Å². The van der Waals surface area contributed by atoms with Crippen LogP contribution in [-0.4, -0.2) is 10.5 Å². The van der Waals surface area contributed by atoms with Crippen molar-refractivity contribution in [3.8, 4) is 0 Å². The van der Waals surface area contributed by atoms with E-state index in [1.165, 1.54) is 29.7 Å². The number of anilines is 1. The van der Waals surface area contributed by atoms with Gasteiger partial charge in [0.25, 0.3) is 11.5 Å². The number of aryl methyl sites for hydroxylation is 2. The van der Waals surface area contributed by atoms with E-state index in [1.807, 2.05) is 30.3 Å². The number of aromatic nitrogens is 1. The van der Waals surface area contributed by atoms with Gasteiger partial charge in [-0.05, 0) is 61.1 Å². The maximum atomic E-state index is 12.6. The van der Waals surface area contributed by atoms with Gasteiger partial charge in [-0.15, -0.1) is 11.3 Å². The summed E-state index contributed by atoms with van der Waals surface area (Å²) >= 11 is 1.63. The van der Waals surface area contributed by atoms with Gasteiger partial charge in [0.15, 0.2) is 0 Å². The molecule has 2 heterocycles. The van der Waals surface area contributed by atoms with Crippen molar-refractivity contribution in [2.24, 2.45) is 0 Å². The molecule has 0 spiro atoms. The van der Waals surface area contributed by atoms with Crippen molar-refractivity contribution >= 4 is 22.9 Å². The molecule has 2 aromatic heterocycles. The fourth-order valence-electron chi connectivity index (χ4n) is 3.45. The highest BCUT2D eigenvalue weighted by atomic mass is 32.1. The summed E-state index contributed by atoms with van der Waals surface area (Å²) in [6.45, 7) is 0.519. The highest BCUT2D eigenvalue weighted by Crippen LogP contribution is 2.29. The van der Waals surface area contributed by atoms with Crippen LogP contribution in [0.5, 0.6) is 0 Å². The number of nitrogens with zero attached hydrogens (tertiary/aromatic N) is 1. The molecular formula is C22H22N2O2S. The van der Waals surface area contributed by atoms with E-state index in [2.05, 4.69) is 11.4 Å². The number of hydrogen-bond acceptors (Lipinski definition) is 3. The summed E-state index contributed by atoms with van der Waals surface area (Å²) < 4.78 is 1.66. The number of amides is 1. The number of rotatable bonds is 4. The number of fused-ring (bicyclic) bond motifs is 1. The van der Waals surface area contributed by atoms with Crippen molar-refractivity contribution in [2.75, 3.05) is 5.32 Å². The maximum Gasteiger partial charge on any atom is 0.265 e. The van der Waals surface area contributed by atoms with Crippen LogP contribution in [0.4, 0.5) is 5.69 Å². The summed E-state index contributed by atoms with van der Waals surface area (Å²) in [5.41, 5.74) is 3.12. The van der Waals surface area contributed by atoms with Crippen LogP contribution >= 0.6 is 11.3 Å². The lowest BCUT2D eigenvalue weighted by molar-refractivity contribution is 0.103. The summed E-state index contributed by atoms with van der Waals surface area (Å²) in [4.78, 5) is 26.6. The van der Waals surface area contributed by atoms with Gasteiger partial charge < -0.3 is 9.88 Å². The van der Waals surface area contributed by atoms with Gasteiger partial charge in [-0.2, -0.15) is 0 Å². The smallest absolute Gasteiger partial charge is 0.265 e. The lowest BCUT2D eigenvalue weighted by Crippen LogP contribution is -2.18. The van der Waals surface area contributed by atoms with Crippen LogP contribution < -0.4 is 10.9 Å². The molecule has 0 atom stereocenters. The first-order valence-electron chi connectivity index (χ1n) is 9.36. The number of benzene rings is 1. The van der Waals surface area contributed by atoms with Gasteiger partial charge in [-0.1, -0.05) is 24.6 Å². The van der Waals surface area contributed by atoms with E-state index in [-0.39, 0.29) is 11.5 Å². The Labute approximate surface area is 162 Å². The fourth-order valence-corrected chi connectivity index (χ4v) is 4.60. The number of carbonyl (C=O) groups excluding carboxylic acids is 1. The van der Waals surface area contributed by atoms with Gasteiger partial charge in [-0.25, -0.2) is 0 Å². The minimum atomic E-state index is -0.0416. The molecule has 0 aliphatic heterocycles. The Kier molecular flexibility index (Phi) is 5.21. The van der Waals surface area contributed by atoms with Gasteiger partial charge >= 0.3 is 0 Å². The molecule has 5 heteroatoms. The SMILES string of the molecule is O=C(Nc1ccc(Cn2ccccc2=O)cc1)c1cc2c(s1)CCCCC2. The predicted molar refractivity (Wildman–Crippen MR) is 110 cm³/mol. The quantitative estimate of drug-likeness (QED) is 0.681. The molecule has 4 nitrogen and oxygen atoms in total. The van der Waals surface area contributed by atoms with Gasteiger partial charge in [-0.3, -0.25) is 9.59 Å². The summed E-state index contributed by atoms with van der Waals surface area (Å²) in [6, 6.07) is 14.9. The summed E-state index contributed by atoms with van der Waals surface area (Å²) in [6.07, 6.45) is 7.69. The maximum absolute atomic E-state index is 12.6. The first-order valence-corrected chi connectivity index (χ1v) is 10.2. The molecule has 1 aliphatic rings. The Bertz CT molecular complexity index is 978. The van der Waals surface area contributed by atoms with Crippen LogP contribution in [0.1, 0.15) is 44.9 Å². The molecule has 1 N–H and O–H groups in total. The molecule has 1 aromatic carbocycles. The van der Waals surface area contributed by atoms with E-state index >= 15 is 0 Å². The predicted octanol–water partition coefficient (Wildman–Crippen LogP) is 4.48. The number of thiophene rings is 1. The highest BCUT2D eigenvalue weighted by molar-refractivity contribution is 7.14. The summed E-state index contributed by atoms with van der Waals surface area (Å²) in [5.74, 6) is -0.0416. The second-order valence-corrected chi connectivity index (χ2v) is 8.07. The monoisotopic (exact) mass is 378 g/mol. The molecule has 0 saturated heterocycles. The Morgan fingerprint density at radius 2 is 1.85 bits per heavy atom. The van der Waals surface area contributed by atoms with Crippen LogP contribution in [0.25, 0.3) is 0 Å². The molecule has 3 aromatic rings. The first kappa shape index (κ1) is 17.7. The van der Waals surface area contributed by atoms with E-state index in [4.69, 9.17) is 0 Å². The third kappa shape index (κ3) is 4.19. The molecule has 1 amide bonds. The Morgan fingerprint density at radius 3 is 2.67 bits per heavy atom. The molecule has 138 valence electrons. The average Bonchev–Trinajstić information content (AvgIpc) is 2.96. The summed E-state index contributed by atoms with van der Waals surface area (Å²) in [5, 5.41) is 2.99. The van der Waals surface area contributed by atoms with Crippen molar-refractivity contribution in [3.05, 3.63) is 86.0 Å². The molecule has 4 rings (SSSR count). The molecule has 1 aliphatic carbocycles. The van der Waals surface area contributed by atoms with Gasteiger partial charge in [0.1, 0.15) is 0 Å². The molecule has 0 unspecified atom stereocenters. The number of nitrogens with one attached hydrogen (secondary N) is 1. The van der Waals surface area contributed by atoms with E-state index in [9.17, 15) is 9.59 Å². The van der Waals surface area contributed by atoms with Crippen molar-refractivity contribution in [2.45, 2.75) is 38.6 Å². The zero-order valence-electron chi connectivity index (χ0n) is 15.1. The Hall–Kier alpha value is -2.66. The number of pyridine rings is 1. The molecule has 0 fully saturated rings. The zero-order valence-corrected chi connectivity index (χ0v) is 15.9. The highest BCUT2D eigenvalue weighted by Gasteiger charge is 2.16. The van der Waals surface area contributed by atoms with E-state index in [1.54, 1.807) is 34.2 Å². The van der Waals surface area contributed by atoms with Crippen molar-refractivity contribution in [3.63, 3.8) is 0 Å². The minimum absolute atomic E-state index is 0.0210. The topological polar surface area (TPSA) is 51.1 Å². The van der Waals surface area contributed by atoms with Gasteiger partial charge in [0, 0.05) is 22.8 Å². The second kappa shape index (κ2) is 7.92. The molecule has 0 bridgehead atoms. The normalized spacial score (nSPS) is 13.6. The average molecular weight is 378 g/mol. The summed E-state index contributed by atoms with van der Waals surface area (Å²) in [7, 11) is 0.